The molecule has 0 aliphatic carbocycles. The molecule has 0 spiro atoms. The molecule has 0 aliphatic heterocycles. The van der Waals surface area contributed by atoms with Gasteiger partial charge in [0.25, 0.3) is 0 Å². The number of nitrogens with one attached hydrogen (secondary N) is 3. The molecule has 0 aromatic carbocycles. The van der Waals surface area contributed by atoms with Crippen molar-refractivity contribution < 1.29 is 44.1 Å². The van der Waals surface area contributed by atoms with Gasteiger partial charge in [0.15, 0.2) is 0 Å². The molecule has 4 amide bonds. The van der Waals surface area contributed by atoms with Crippen molar-refractivity contribution in [3.05, 3.63) is 0 Å². The smallest absolute Gasteiger partial charge is 0.326 e. The summed E-state index contributed by atoms with van der Waals surface area (Å²) in [6.45, 7) is -0.579. The number of amides is 4. The highest BCUT2D eigenvalue weighted by molar-refractivity contribution is 5.96. The fourth-order valence-corrected chi connectivity index (χ4v) is 2.59. The molecular formula is C18H32N6O9. The van der Waals surface area contributed by atoms with E-state index in [-0.39, 0.29) is 12.8 Å². The monoisotopic (exact) mass is 476 g/mol. The molecule has 0 radical (unpaired) electrons. The first-order valence-electron chi connectivity index (χ1n) is 10.1. The highest BCUT2D eigenvalue weighted by Gasteiger charge is 2.30. The molecule has 33 heavy (non-hydrogen) atoms. The molecule has 0 heterocycles. The van der Waals surface area contributed by atoms with Crippen LogP contribution in [0.2, 0.25) is 0 Å². The second-order valence-corrected chi connectivity index (χ2v) is 7.20. The Balaban J connectivity index is 5.19. The van der Waals surface area contributed by atoms with Crippen molar-refractivity contribution in [1.82, 2.24) is 16.0 Å². The van der Waals surface area contributed by atoms with Crippen LogP contribution in [0.4, 0.5) is 0 Å². The largest absolute Gasteiger partial charge is 0.481 e. The summed E-state index contributed by atoms with van der Waals surface area (Å²) in [6.07, 6.45) is -0.320. The van der Waals surface area contributed by atoms with E-state index in [1.54, 1.807) is 0 Å². The van der Waals surface area contributed by atoms with Gasteiger partial charge < -0.3 is 48.5 Å². The molecule has 0 aliphatic rings. The van der Waals surface area contributed by atoms with Crippen molar-refractivity contribution in [2.24, 2.45) is 17.2 Å². The summed E-state index contributed by atoms with van der Waals surface area (Å²) in [4.78, 5) is 70.2. The van der Waals surface area contributed by atoms with Crippen molar-refractivity contribution in [2.75, 3.05) is 13.2 Å². The molecule has 15 nitrogen and oxygen atoms in total. The van der Waals surface area contributed by atoms with Crippen LogP contribution in [0.3, 0.4) is 0 Å². The van der Waals surface area contributed by atoms with Gasteiger partial charge in [-0.1, -0.05) is 0 Å². The molecule has 188 valence electrons. The van der Waals surface area contributed by atoms with Gasteiger partial charge in [-0.2, -0.15) is 0 Å². The van der Waals surface area contributed by atoms with Gasteiger partial charge >= 0.3 is 11.9 Å². The Bertz CT molecular complexity index is 718. The standard InChI is InChI=1S/C18H32N6O9/c19-6-2-1-3-10(18(32)33)22-17(31)12(8-25)24-16(30)11(7-13(21)26)23-15(29)9(20)4-5-14(27)28/h9-12,25H,1-8,19-20H2,(H2,21,26)(H,22,31)(H,23,29)(H,24,30)(H,27,28)(H,32,33). The summed E-state index contributed by atoms with van der Waals surface area (Å²) in [7, 11) is 0. The molecule has 0 aromatic heterocycles. The number of hydrogen-bond acceptors (Lipinski definition) is 9. The zero-order chi connectivity index (χ0) is 25.6. The molecule has 0 bridgehead atoms. The summed E-state index contributed by atoms with van der Waals surface area (Å²) in [5.74, 6) is -6.51. The van der Waals surface area contributed by atoms with Gasteiger partial charge in [-0.25, -0.2) is 4.79 Å². The number of aliphatic hydroxyl groups excluding tert-OH is 1. The lowest BCUT2D eigenvalue weighted by molar-refractivity contribution is -0.143. The Hall–Kier alpha value is -3.30. The summed E-state index contributed by atoms with van der Waals surface area (Å²) < 4.78 is 0. The van der Waals surface area contributed by atoms with E-state index in [1.807, 2.05) is 0 Å². The summed E-state index contributed by atoms with van der Waals surface area (Å²) in [5, 5.41) is 33.8. The van der Waals surface area contributed by atoms with Crippen LogP contribution in [-0.4, -0.2) is 88.2 Å². The van der Waals surface area contributed by atoms with E-state index in [0.29, 0.717) is 19.4 Å². The third-order valence-electron chi connectivity index (χ3n) is 4.42. The molecule has 0 rings (SSSR count). The number of hydrogen-bond donors (Lipinski definition) is 9. The van der Waals surface area contributed by atoms with Crippen molar-refractivity contribution in [3.63, 3.8) is 0 Å². The van der Waals surface area contributed by atoms with Gasteiger partial charge in [-0.15, -0.1) is 0 Å². The van der Waals surface area contributed by atoms with E-state index in [1.165, 1.54) is 0 Å². The quantitative estimate of drug-likeness (QED) is 0.0905. The summed E-state index contributed by atoms with van der Waals surface area (Å²) >= 11 is 0. The van der Waals surface area contributed by atoms with E-state index < -0.39 is 79.2 Å². The van der Waals surface area contributed by atoms with Crippen LogP contribution >= 0.6 is 0 Å². The fourth-order valence-electron chi connectivity index (χ4n) is 2.59. The molecule has 0 saturated carbocycles. The first-order chi connectivity index (χ1) is 15.4. The molecule has 0 saturated heterocycles. The van der Waals surface area contributed by atoms with Gasteiger partial charge in [0.05, 0.1) is 19.1 Å². The molecule has 4 unspecified atom stereocenters. The molecule has 12 N–H and O–H groups in total. The maximum absolute atomic E-state index is 12.5. The Kier molecular flexibility index (Phi) is 13.9. The second kappa shape index (κ2) is 15.5. The van der Waals surface area contributed by atoms with Crippen LogP contribution in [0.5, 0.6) is 0 Å². The number of primary amides is 1. The zero-order valence-corrected chi connectivity index (χ0v) is 18.0. The minimum absolute atomic E-state index is 0.0684. The van der Waals surface area contributed by atoms with E-state index in [9.17, 15) is 39.0 Å². The van der Waals surface area contributed by atoms with Crippen LogP contribution < -0.4 is 33.2 Å². The molecule has 15 heteroatoms. The van der Waals surface area contributed by atoms with Crippen LogP contribution in [0, 0.1) is 0 Å². The second-order valence-electron chi connectivity index (χ2n) is 7.20. The van der Waals surface area contributed by atoms with Crippen molar-refractivity contribution >= 4 is 35.6 Å². The SMILES string of the molecule is NCCCCC(NC(=O)C(CO)NC(=O)C(CC(N)=O)NC(=O)C(N)CCC(=O)O)C(=O)O. The van der Waals surface area contributed by atoms with Crippen LogP contribution in [-0.2, 0) is 28.8 Å². The number of carboxylic acid groups (broad SMARTS) is 2. The van der Waals surface area contributed by atoms with Gasteiger partial charge in [0, 0.05) is 6.42 Å². The number of aliphatic carboxylic acids is 2. The summed E-state index contributed by atoms with van der Waals surface area (Å²) in [6, 6.07) is -5.76. The molecule has 0 fully saturated rings. The lowest BCUT2D eigenvalue weighted by Crippen LogP contribution is -2.58. The highest BCUT2D eigenvalue weighted by atomic mass is 16.4. The Morgan fingerprint density at radius 3 is 1.82 bits per heavy atom. The van der Waals surface area contributed by atoms with Crippen LogP contribution in [0.15, 0.2) is 0 Å². The van der Waals surface area contributed by atoms with Gasteiger partial charge in [-0.05, 0) is 32.2 Å². The summed E-state index contributed by atoms with van der Waals surface area (Å²) in [5.41, 5.74) is 16.0. The van der Waals surface area contributed by atoms with Crippen molar-refractivity contribution in [3.8, 4) is 0 Å². The molecule has 4 atom stereocenters. The topological polar surface area (TPSA) is 277 Å². The van der Waals surface area contributed by atoms with Gasteiger partial charge in [0.2, 0.25) is 23.6 Å². The van der Waals surface area contributed by atoms with E-state index in [4.69, 9.17) is 22.3 Å². The first-order valence-corrected chi connectivity index (χ1v) is 10.1. The first kappa shape index (κ1) is 29.7. The maximum Gasteiger partial charge on any atom is 0.326 e. The predicted octanol–water partition coefficient (Wildman–Crippen LogP) is -4.29. The van der Waals surface area contributed by atoms with Gasteiger partial charge in [0.1, 0.15) is 18.1 Å². The minimum atomic E-state index is -1.60. The number of carboxylic acids is 2. The van der Waals surface area contributed by atoms with E-state index >= 15 is 0 Å². The van der Waals surface area contributed by atoms with E-state index in [0.717, 1.165) is 0 Å². The number of carbonyl (C=O) groups is 6. The molecule has 0 aromatic rings. The Labute approximate surface area is 189 Å². The number of unbranched alkanes of at least 4 members (excludes halogenated alkanes) is 1. The van der Waals surface area contributed by atoms with Crippen molar-refractivity contribution in [2.45, 2.75) is 62.7 Å². The normalized spacial score (nSPS) is 14.3. The fraction of sp³-hybridized carbons (Fsp3) is 0.667. The number of aliphatic hydroxyl groups is 1. The minimum Gasteiger partial charge on any atom is -0.481 e. The van der Waals surface area contributed by atoms with Crippen molar-refractivity contribution in [1.29, 1.82) is 0 Å². The van der Waals surface area contributed by atoms with Gasteiger partial charge in [-0.3, -0.25) is 24.0 Å². The third kappa shape index (κ3) is 12.4. The third-order valence-corrected chi connectivity index (χ3v) is 4.42. The van der Waals surface area contributed by atoms with E-state index in [2.05, 4.69) is 16.0 Å². The Morgan fingerprint density at radius 2 is 1.33 bits per heavy atom. The van der Waals surface area contributed by atoms with Crippen LogP contribution in [0.25, 0.3) is 0 Å². The highest BCUT2D eigenvalue weighted by Crippen LogP contribution is 2.03. The lowest BCUT2D eigenvalue weighted by atomic mass is 10.1. The van der Waals surface area contributed by atoms with Crippen LogP contribution in [0.1, 0.15) is 38.5 Å². The number of rotatable bonds is 17. The predicted molar refractivity (Wildman–Crippen MR) is 112 cm³/mol. The number of nitrogens with two attached hydrogens (primary N) is 3. The number of carbonyl (C=O) groups excluding carboxylic acids is 4. The molecular weight excluding hydrogens is 444 g/mol. The average molecular weight is 476 g/mol. The Morgan fingerprint density at radius 1 is 0.788 bits per heavy atom. The average Bonchev–Trinajstić information content (AvgIpc) is 2.73. The maximum atomic E-state index is 12.5. The zero-order valence-electron chi connectivity index (χ0n) is 18.0. The lowest BCUT2D eigenvalue weighted by Gasteiger charge is -2.23.